The van der Waals surface area contributed by atoms with E-state index in [4.69, 9.17) is 16.6 Å². The zero-order valence-corrected chi connectivity index (χ0v) is 14.8. The van der Waals surface area contributed by atoms with Gasteiger partial charge in [0, 0.05) is 5.92 Å². The Balaban J connectivity index is 2.29. The second-order valence-electron chi connectivity index (χ2n) is 5.86. The van der Waals surface area contributed by atoms with Crippen molar-refractivity contribution in [2.75, 3.05) is 0 Å². The smallest absolute Gasteiger partial charge is 0.146 e. The molecule has 0 amide bonds. The standard InChI is InChI=1S/C15H22ClIN2/c1-4-10-6-5-7-11(8-10)15-18-13(9(2)3)12(17)14(16)19-15/h9-11H,4-8H2,1-3H3. The molecule has 0 aliphatic heterocycles. The maximum absolute atomic E-state index is 6.29. The topological polar surface area (TPSA) is 25.8 Å². The van der Waals surface area contributed by atoms with Gasteiger partial charge in [-0.2, -0.15) is 0 Å². The second kappa shape index (κ2) is 6.70. The largest absolute Gasteiger partial charge is 0.236 e. The lowest BCUT2D eigenvalue weighted by Crippen LogP contribution is -2.17. The number of nitrogens with zero attached hydrogens (tertiary/aromatic N) is 2. The number of rotatable bonds is 3. The van der Waals surface area contributed by atoms with Crippen molar-refractivity contribution in [1.29, 1.82) is 0 Å². The van der Waals surface area contributed by atoms with Crippen molar-refractivity contribution in [3.63, 3.8) is 0 Å². The fourth-order valence-electron chi connectivity index (χ4n) is 2.91. The molecule has 0 bridgehead atoms. The van der Waals surface area contributed by atoms with Crippen LogP contribution in [0.5, 0.6) is 0 Å². The molecule has 1 heterocycles. The zero-order chi connectivity index (χ0) is 14.0. The minimum Gasteiger partial charge on any atom is -0.236 e. The van der Waals surface area contributed by atoms with E-state index in [2.05, 4.69) is 48.3 Å². The Bertz CT molecular complexity index is 448. The molecule has 2 nitrogen and oxygen atoms in total. The summed E-state index contributed by atoms with van der Waals surface area (Å²) in [4.78, 5) is 9.38. The summed E-state index contributed by atoms with van der Waals surface area (Å²) < 4.78 is 1.01. The highest BCUT2D eigenvalue weighted by Crippen LogP contribution is 2.37. The van der Waals surface area contributed by atoms with E-state index in [-0.39, 0.29) is 0 Å². The van der Waals surface area contributed by atoms with Gasteiger partial charge in [0.1, 0.15) is 11.0 Å². The molecule has 1 saturated carbocycles. The van der Waals surface area contributed by atoms with E-state index >= 15 is 0 Å². The van der Waals surface area contributed by atoms with E-state index in [9.17, 15) is 0 Å². The van der Waals surface area contributed by atoms with Crippen molar-refractivity contribution in [3.8, 4) is 0 Å². The minimum atomic E-state index is 0.400. The van der Waals surface area contributed by atoms with Crippen LogP contribution in [0.4, 0.5) is 0 Å². The molecule has 0 radical (unpaired) electrons. The van der Waals surface area contributed by atoms with E-state index in [1.807, 2.05) is 0 Å². The van der Waals surface area contributed by atoms with E-state index in [1.165, 1.54) is 32.1 Å². The molecule has 1 aliphatic carbocycles. The summed E-state index contributed by atoms with van der Waals surface area (Å²) in [5.41, 5.74) is 1.11. The summed E-state index contributed by atoms with van der Waals surface area (Å²) in [6, 6.07) is 0. The quantitative estimate of drug-likeness (QED) is 0.498. The van der Waals surface area contributed by atoms with Crippen LogP contribution in [-0.4, -0.2) is 9.97 Å². The van der Waals surface area contributed by atoms with Gasteiger partial charge in [0.15, 0.2) is 0 Å². The molecule has 1 aliphatic rings. The van der Waals surface area contributed by atoms with E-state index in [0.717, 1.165) is 21.0 Å². The first-order chi connectivity index (χ1) is 9.02. The van der Waals surface area contributed by atoms with Crippen LogP contribution in [0.1, 0.15) is 76.2 Å². The first kappa shape index (κ1) is 15.5. The molecule has 1 aromatic rings. The lowest BCUT2D eigenvalue weighted by molar-refractivity contribution is 0.306. The highest BCUT2D eigenvalue weighted by Gasteiger charge is 2.26. The molecule has 0 aromatic carbocycles. The van der Waals surface area contributed by atoms with Gasteiger partial charge in [0.2, 0.25) is 0 Å². The molecule has 4 heteroatoms. The van der Waals surface area contributed by atoms with Gasteiger partial charge >= 0.3 is 0 Å². The van der Waals surface area contributed by atoms with Gasteiger partial charge in [-0.1, -0.05) is 51.6 Å². The highest BCUT2D eigenvalue weighted by atomic mass is 127. The zero-order valence-electron chi connectivity index (χ0n) is 11.9. The van der Waals surface area contributed by atoms with Crippen molar-refractivity contribution in [1.82, 2.24) is 9.97 Å². The normalized spacial score (nSPS) is 23.9. The summed E-state index contributed by atoms with van der Waals surface area (Å²) in [7, 11) is 0. The van der Waals surface area contributed by atoms with Gasteiger partial charge in [0.25, 0.3) is 0 Å². The Morgan fingerprint density at radius 1 is 1.32 bits per heavy atom. The summed E-state index contributed by atoms with van der Waals surface area (Å²) >= 11 is 8.56. The van der Waals surface area contributed by atoms with Crippen LogP contribution in [-0.2, 0) is 0 Å². The molecular weight excluding hydrogens is 371 g/mol. The van der Waals surface area contributed by atoms with Crippen LogP contribution in [0.3, 0.4) is 0 Å². The highest BCUT2D eigenvalue weighted by molar-refractivity contribution is 14.1. The molecule has 2 rings (SSSR count). The van der Waals surface area contributed by atoms with Crippen LogP contribution in [0.25, 0.3) is 0 Å². The van der Waals surface area contributed by atoms with Crippen LogP contribution in [0, 0.1) is 9.49 Å². The van der Waals surface area contributed by atoms with Crippen LogP contribution in [0.2, 0.25) is 5.15 Å². The number of hydrogen-bond donors (Lipinski definition) is 0. The van der Waals surface area contributed by atoms with Crippen molar-refractivity contribution in [2.24, 2.45) is 5.92 Å². The molecule has 106 valence electrons. The molecule has 0 spiro atoms. The summed E-state index contributed by atoms with van der Waals surface area (Å²) in [6.07, 6.45) is 6.37. The van der Waals surface area contributed by atoms with Crippen molar-refractivity contribution in [2.45, 2.75) is 64.7 Å². The van der Waals surface area contributed by atoms with Crippen LogP contribution >= 0.6 is 34.2 Å². The molecule has 0 N–H and O–H groups in total. The van der Waals surface area contributed by atoms with Crippen molar-refractivity contribution >= 4 is 34.2 Å². The van der Waals surface area contributed by atoms with Gasteiger partial charge in [-0.3, -0.25) is 0 Å². The fourth-order valence-corrected chi connectivity index (χ4v) is 3.96. The number of halogens is 2. The summed E-state index contributed by atoms with van der Waals surface area (Å²) in [5, 5.41) is 0.632. The Kier molecular flexibility index (Phi) is 5.46. The summed E-state index contributed by atoms with van der Waals surface area (Å²) in [6.45, 7) is 6.62. The summed E-state index contributed by atoms with van der Waals surface area (Å²) in [5.74, 6) is 2.72. The fraction of sp³-hybridized carbons (Fsp3) is 0.733. The van der Waals surface area contributed by atoms with Gasteiger partial charge in [-0.25, -0.2) is 9.97 Å². The maximum Gasteiger partial charge on any atom is 0.146 e. The lowest BCUT2D eigenvalue weighted by atomic mass is 9.80. The molecule has 2 atom stereocenters. The average molecular weight is 393 g/mol. The Labute approximate surface area is 134 Å². The van der Waals surface area contributed by atoms with Gasteiger partial charge in [-0.15, -0.1) is 0 Å². The van der Waals surface area contributed by atoms with Crippen LogP contribution in [0.15, 0.2) is 0 Å². The molecule has 1 aromatic heterocycles. The van der Waals surface area contributed by atoms with Crippen LogP contribution < -0.4 is 0 Å². The molecular formula is C15H22ClIN2. The first-order valence-corrected chi connectivity index (χ1v) is 8.71. The van der Waals surface area contributed by atoms with E-state index in [0.29, 0.717) is 17.0 Å². The SMILES string of the molecule is CCC1CCCC(c2nc(Cl)c(I)c(C(C)C)n2)C1. The Hall–Kier alpha value is 0.1000. The number of hydrogen-bond acceptors (Lipinski definition) is 2. The first-order valence-electron chi connectivity index (χ1n) is 7.25. The lowest BCUT2D eigenvalue weighted by Gasteiger charge is -2.28. The third-order valence-electron chi connectivity index (χ3n) is 4.13. The van der Waals surface area contributed by atoms with E-state index < -0.39 is 0 Å². The monoisotopic (exact) mass is 392 g/mol. The van der Waals surface area contributed by atoms with Crippen molar-refractivity contribution < 1.29 is 0 Å². The molecule has 2 unspecified atom stereocenters. The molecule has 19 heavy (non-hydrogen) atoms. The third-order valence-corrected chi connectivity index (χ3v) is 5.78. The van der Waals surface area contributed by atoms with Gasteiger partial charge in [-0.05, 0) is 47.3 Å². The average Bonchev–Trinajstić information content (AvgIpc) is 2.41. The third kappa shape index (κ3) is 3.60. The predicted molar refractivity (Wildman–Crippen MR) is 88.8 cm³/mol. The maximum atomic E-state index is 6.29. The second-order valence-corrected chi connectivity index (χ2v) is 7.30. The molecule has 1 fully saturated rings. The Morgan fingerprint density at radius 3 is 2.68 bits per heavy atom. The number of aromatic nitrogens is 2. The van der Waals surface area contributed by atoms with Gasteiger partial charge in [0.05, 0.1) is 9.26 Å². The minimum absolute atomic E-state index is 0.400. The van der Waals surface area contributed by atoms with E-state index in [1.54, 1.807) is 0 Å². The van der Waals surface area contributed by atoms with Gasteiger partial charge < -0.3 is 0 Å². The Morgan fingerprint density at radius 2 is 2.05 bits per heavy atom. The van der Waals surface area contributed by atoms with Crippen molar-refractivity contribution in [3.05, 3.63) is 20.2 Å². The predicted octanol–water partition coefficient (Wildman–Crippen LogP) is 5.54. The molecule has 0 saturated heterocycles.